The van der Waals surface area contributed by atoms with Gasteiger partial charge in [0.05, 0.1) is 12.6 Å². The van der Waals surface area contributed by atoms with E-state index in [0.717, 1.165) is 10.0 Å². The molecule has 3 aromatic carbocycles. The molecule has 0 aliphatic heterocycles. The third kappa shape index (κ3) is 3.68. The van der Waals surface area contributed by atoms with Gasteiger partial charge in [-0.25, -0.2) is 4.79 Å². The molecule has 0 bridgehead atoms. The van der Waals surface area contributed by atoms with E-state index in [1.54, 1.807) is 0 Å². The Bertz CT molecular complexity index is 942. The van der Waals surface area contributed by atoms with Crippen molar-refractivity contribution < 1.29 is 14.6 Å². The fourth-order valence-corrected chi connectivity index (χ4v) is 3.98. The van der Waals surface area contributed by atoms with Crippen molar-refractivity contribution in [3.05, 3.63) is 94.0 Å². The summed E-state index contributed by atoms with van der Waals surface area (Å²) in [5.41, 5.74) is 5.54. The van der Waals surface area contributed by atoms with Crippen molar-refractivity contribution in [2.45, 2.75) is 12.0 Å². The minimum atomic E-state index is -0.538. The topological polar surface area (TPSA) is 58.6 Å². The first-order valence-corrected chi connectivity index (χ1v) is 9.94. The smallest absolute Gasteiger partial charge is 0.407 e. The molecule has 1 atom stereocenters. The zero-order valence-electron chi connectivity index (χ0n) is 15.1. The molecule has 4 rings (SSSR count). The third-order valence-electron chi connectivity index (χ3n) is 5.09. The Morgan fingerprint density at radius 1 is 0.964 bits per heavy atom. The van der Waals surface area contributed by atoms with E-state index < -0.39 is 12.1 Å². The van der Waals surface area contributed by atoms with Gasteiger partial charge in [-0.05, 0) is 39.9 Å². The predicted molar refractivity (Wildman–Crippen MR) is 112 cm³/mol. The van der Waals surface area contributed by atoms with Gasteiger partial charge in [-0.2, -0.15) is 0 Å². The molecule has 0 radical (unpaired) electrons. The van der Waals surface area contributed by atoms with Crippen LogP contribution in [0, 0.1) is 0 Å². The van der Waals surface area contributed by atoms with Gasteiger partial charge in [-0.15, -0.1) is 0 Å². The Hall–Kier alpha value is -2.63. The monoisotopic (exact) mass is 437 g/mol. The van der Waals surface area contributed by atoms with E-state index in [9.17, 15) is 9.90 Å². The molecule has 28 heavy (non-hydrogen) atoms. The Morgan fingerprint density at radius 2 is 1.54 bits per heavy atom. The fourth-order valence-electron chi connectivity index (χ4n) is 3.71. The van der Waals surface area contributed by atoms with E-state index >= 15 is 0 Å². The molecule has 1 aliphatic rings. The number of alkyl carbamates (subject to hydrolysis) is 1. The molecular weight excluding hydrogens is 418 g/mol. The van der Waals surface area contributed by atoms with E-state index in [1.165, 1.54) is 22.3 Å². The van der Waals surface area contributed by atoms with E-state index in [1.807, 2.05) is 48.5 Å². The maximum atomic E-state index is 12.4. The van der Waals surface area contributed by atoms with Gasteiger partial charge in [0.25, 0.3) is 0 Å². The predicted octanol–water partition coefficient (Wildman–Crippen LogP) is 5.02. The summed E-state index contributed by atoms with van der Waals surface area (Å²) in [6, 6.07) is 23.4. The summed E-state index contributed by atoms with van der Waals surface area (Å²) < 4.78 is 6.49. The number of aliphatic hydroxyl groups excluding tert-OH is 1. The summed E-state index contributed by atoms with van der Waals surface area (Å²) in [5, 5.41) is 12.4. The largest absolute Gasteiger partial charge is 0.449 e. The van der Waals surface area contributed by atoms with Gasteiger partial charge in [0.2, 0.25) is 0 Å². The van der Waals surface area contributed by atoms with Crippen molar-refractivity contribution in [2.24, 2.45) is 0 Å². The lowest BCUT2D eigenvalue weighted by Crippen LogP contribution is -2.32. The molecule has 0 spiro atoms. The molecule has 4 nitrogen and oxygen atoms in total. The number of aliphatic hydroxyl groups is 1. The van der Waals surface area contributed by atoms with Crippen LogP contribution in [0.4, 0.5) is 4.79 Å². The average molecular weight is 438 g/mol. The first kappa shape index (κ1) is 18.7. The summed E-state index contributed by atoms with van der Waals surface area (Å²) in [6.07, 6.45) is -0.538. The van der Waals surface area contributed by atoms with Crippen molar-refractivity contribution in [3.8, 4) is 11.1 Å². The number of carbonyl (C=O) groups excluding carboxylic acids is 1. The molecule has 5 heteroatoms. The van der Waals surface area contributed by atoms with Gasteiger partial charge in [-0.1, -0.05) is 76.6 Å². The van der Waals surface area contributed by atoms with E-state index in [4.69, 9.17) is 4.74 Å². The summed E-state index contributed by atoms with van der Waals surface area (Å²) in [6.45, 7) is 0.0458. The van der Waals surface area contributed by atoms with E-state index in [-0.39, 0.29) is 19.1 Å². The number of halogens is 1. The molecule has 0 fully saturated rings. The second kappa shape index (κ2) is 8.17. The Labute approximate surface area is 172 Å². The lowest BCUT2D eigenvalue weighted by Gasteiger charge is -2.19. The van der Waals surface area contributed by atoms with Crippen LogP contribution in [-0.2, 0) is 4.74 Å². The zero-order chi connectivity index (χ0) is 19.5. The van der Waals surface area contributed by atoms with Gasteiger partial charge in [0, 0.05) is 10.4 Å². The highest BCUT2D eigenvalue weighted by Gasteiger charge is 2.29. The molecule has 1 aliphatic carbocycles. The highest BCUT2D eigenvalue weighted by molar-refractivity contribution is 9.10. The number of hydrogen-bond acceptors (Lipinski definition) is 3. The normalized spacial score (nSPS) is 13.5. The molecule has 1 amide bonds. The van der Waals surface area contributed by atoms with Crippen molar-refractivity contribution in [1.82, 2.24) is 5.32 Å². The maximum Gasteiger partial charge on any atom is 0.407 e. The van der Waals surface area contributed by atoms with Crippen LogP contribution >= 0.6 is 15.9 Å². The van der Waals surface area contributed by atoms with Crippen LogP contribution in [-0.4, -0.2) is 24.4 Å². The number of ether oxygens (including phenoxy) is 1. The number of amides is 1. The minimum Gasteiger partial charge on any atom is -0.449 e. The molecule has 2 N–H and O–H groups in total. The van der Waals surface area contributed by atoms with Crippen molar-refractivity contribution in [2.75, 3.05) is 13.2 Å². The third-order valence-corrected chi connectivity index (χ3v) is 5.62. The summed E-state index contributed by atoms with van der Waals surface area (Å²) in [4.78, 5) is 12.4. The molecule has 0 saturated heterocycles. The fraction of sp³-hybridized carbons (Fsp3) is 0.174. The van der Waals surface area contributed by atoms with Crippen LogP contribution in [0.2, 0.25) is 0 Å². The van der Waals surface area contributed by atoms with Crippen LogP contribution in [0.3, 0.4) is 0 Å². The van der Waals surface area contributed by atoms with Crippen LogP contribution in [0.15, 0.2) is 77.3 Å². The number of rotatable bonds is 5. The number of hydrogen-bond donors (Lipinski definition) is 2. The number of fused-ring (bicyclic) bond motifs is 3. The summed E-state index contributed by atoms with van der Waals surface area (Å²) in [5.74, 6) is 0.0124. The summed E-state index contributed by atoms with van der Waals surface area (Å²) >= 11 is 3.38. The van der Waals surface area contributed by atoms with Crippen LogP contribution in [0.25, 0.3) is 11.1 Å². The average Bonchev–Trinajstić information content (AvgIpc) is 3.05. The molecule has 142 valence electrons. The second-order valence-corrected chi connectivity index (χ2v) is 7.67. The number of carbonyl (C=O) groups is 1. The van der Waals surface area contributed by atoms with Gasteiger partial charge in [0.1, 0.15) is 6.61 Å². The van der Waals surface area contributed by atoms with E-state index in [2.05, 4.69) is 45.5 Å². The molecule has 3 aromatic rings. The first-order chi connectivity index (χ1) is 13.7. The van der Waals surface area contributed by atoms with Crippen LogP contribution < -0.4 is 5.32 Å². The quantitative estimate of drug-likeness (QED) is 0.588. The molecule has 0 aromatic heterocycles. The molecule has 0 saturated carbocycles. The lowest BCUT2D eigenvalue weighted by atomic mass is 9.98. The summed E-state index contributed by atoms with van der Waals surface area (Å²) in [7, 11) is 0. The Morgan fingerprint density at radius 3 is 2.11 bits per heavy atom. The molecule has 0 heterocycles. The van der Waals surface area contributed by atoms with Crippen molar-refractivity contribution in [3.63, 3.8) is 0 Å². The van der Waals surface area contributed by atoms with Crippen LogP contribution in [0.1, 0.15) is 28.7 Å². The maximum absolute atomic E-state index is 12.4. The minimum absolute atomic E-state index is 0.0124. The highest BCUT2D eigenvalue weighted by atomic mass is 79.9. The zero-order valence-corrected chi connectivity index (χ0v) is 16.7. The molecule has 0 unspecified atom stereocenters. The van der Waals surface area contributed by atoms with Gasteiger partial charge < -0.3 is 15.2 Å². The number of nitrogens with one attached hydrogen (secondary N) is 1. The number of benzene rings is 3. The van der Waals surface area contributed by atoms with Crippen molar-refractivity contribution in [1.29, 1.82) is 0 Å². The van der Waals surface area contributed by atoms with E-state index in [0.29, 0.717) is 0 Å². The lowest BCUT2D eigenvalue weighted by molar-refractivity contribution is 0.132. The van der Waals surface area contributed by atoms with Crippen LogP contribution in [0.5, 0.6) is 0 Å². The van der Waals surface area contributed by atoms with Crippen molar-refractivity contribution >= 4 is 22.0 Å². The first-order valence-electron chi connectivity index (χ1n) is 9.15. The SMILES string of the molecule is O=C(N[C@H](CO)c1ccc(Br)cc1)OCC1c2ccccc2-c2ccccc21. The Balaban J connectivity index is 1.45. The van der Waals surface area contributed by atoms with Gasteiger partial charge in [-0.3, -0.25) is 0 Å². The molecular formula is C23H20BrNO3. The van der Waals surface area contributed by atoms with Gasteiger partial charge in [0.15, 0.2) is 0 Å². The highest BCUT2D eigenvalue weighted by Crippen LogP contribution is 2.44. The van der Waals surface area contributed by atoms with Gasteiger partial charge >= 0.3 is 6.09 Å². The standard InChI is InChI=1S/C23H20BrNO3/c24-16-11-9-15(10-12-16)22(13-26)25-23(27)28-14-21-19-7-3-1-5-17(19)18-6-2-4-8-20(18)21/h1-12,21-22,26H,13-14H2,(H,25,27)/t22-/m1/s1. The Kier molecular flexibility index (Phi) is 5.46. The second-order valence-electron chi connectivity index (χ2n) is 6.76.